The second-order valence-corrected chi connectivity index (χ2v) is 10.8. The van der Waals surface area contributed by atoms with Gasteiger partial charge in [0.05, 0.1) is 22.8 Å². The summed E-state index contributed by atoms with van der Waals surface area (Å²) in [5.41, 5.74) is 4.17. The van der Waals surface area contributed by atoms with Crippen LogP contribution in [0.2, 0.25) is 0 Å². The van der Waals surface area contributed by atoms with Crippen molar-refractivity contribution >= 4 is 9.84 Å². The van der Waals surface area contributed by atoms with E-state index in [4.69, 9.17) is 0 Å². The Bertz CT molecular complexity index is 876. The number of aryl methyl sites for hydroxylation is 2. The van der Waals surface area contributed by atoms with E-state index in [1.165, 1.54) is 5.56 Å². The quantitative estimate of drug-likeness (QED) is 0.683. The van der Waals surface area contributed by atoms with Crippen LogP contribution in [0.5, 0.6) is 0 Å². The van der Waals surface area contributed by atoms with Crippen molar-refractivity contribution < 1.29 is 8.42 Å². The third kappa shape index (κ3) is 4.66. The topological polar surface area (TPSA) is 83.9 Å². The molecule has 0 saturated carbocycles. The van der Waals surface area contributed by atoms with Crippen molar-refractivity contribution in [2.45, 2.75) is 84.4 Å². The highest BCUT2D eigenvalue weighted by molar-refractivity contribution is 7.91. The number of nitrogens with zero attached hydrogens (tertiary/aromatic N) is 4. The number of aromatic nitrogens is 4. The molecular formula is C20H35N5O2S. The third-order valence-electron chi connectivity index (χ3n) is 5.38. The summed E-state index contributed by atoms with van der Waals surface area (Å²) in [5.74, 6) is 0.484. The van der Waals surface area contributed by atoms with Crippen molar-refractivity contribution in [1.82, 2.24) is 24.6 Å². The van der Waals surface area contributed by atoms with Crippen molar-refractivity contribution in [2.24, 2.45) is 5.92 Å². The molecular weight excluding hydrogens is 374 g/mol. The normalized spacial score (nSPS) is 13.8. The van der Waals surface area contributed by atoms with Crippen LogP contribution in [0.3, 0.4) is 0 Å². The number of imidazole rings is 1. The Morgan fingerprint density at radius 1 is 1.18 bits per heavy atom. The van der Waals surface area contributed by atoms with Crippen LogP contribution in [0.4, 0.5) is 0 Å². The van der Waals surface area contributed by atoms with Gasteiger partial charge in [0.1, 0.15) is 0 Å². The number of rotatable bonds is 9. The summed E-state index contributed by atoms with van der Waals surface area (Å²) in [6.07, 6.45) is 2.62. The number of sulfone groups is 1. The van der Waals surface area contributed by atoms with Crippen molar-refractivity contribution in [1.29, 1.82) is 0 Å². The molecule has 2 rings (SSSR count). The lowest BCUT2D eigenvalue weighted by Crippen LogP contribution is -2.26. The van der Waals surface area contributed by atoms with Gasteiger partial charge in [-0.3, -0.25) is 10.00 Å². The molecule has 2 aromatic heterocycles. The van der Waals surface area contributed by atoms with E-state index in [0.717, 1.165) is 23.5 Å². The molecule has 0 aliphatic carbocycles. The molecule has 0 fully saturated rings. The van der Waals surface area contributed by atoms with Gasteiger partial charge in [-0.05, 0) is 54.0 Å². The predicted octanol–water partition coefficient (Wildman–Crippen LogP) is 3.64. The van der Waals surface area contributed by atoms with Crippen LogP contribution in [-0.2, 0) is 22.9 Å². The Kier molecular flexibility index (Phi) is 7.09. The van der Waals surface area contributed by atoms with Crippen LogP contribution < -0.4 is 0 Å². The molecule has 0 aromatic carbocycles. The Morgan fingerprint density at radius 2 is 1.82 bits per heavy atom. The zero-order chi connectivity index (χ0) is 21.2. The summed E-state index contributed by atoms with van der Waals surface area (Å²) in [4.78, 5) is 6.53. The van der Waals surface area contributed by atoms with Crippen LogP contribution in [0.1, 0.15) is 69.7 Å². The fraction of sp³-hybridized carbons (Fsp3) is 0.700. The van der Waals surface area contributed by atoms with Crippen LogP contribution in [0, 0.1) is 19.8 Å². The zero-order valence-electron chi connectivity index (χ0n) is 18.4. The number of H-pyrrole nitrogens is 1. The van der Waals surface area contributed by atoms with Gasteiger partial charge in [-0.25, -0.2) is 13.4 Å². The zero-order valence-corrected chi connectivity index (χ0v) is 19.3. The van der Waals surface area contributed by atoms with E-state index in [1.807, 2.05) is 25.5 Å². The molecule has 7 nitrogen and oxygen atoms in total. The molecule has 0 aliphatic rings. The van der Waals surface area contributed by atoms with Gasteiger partial charge in [0.15, 0.2) is 0 Å². The first-order valence-electron chi connectivity index (χ1n) is 9.96. The Hall–Kier alpha value is -1.67. The Balaban J connectivity index is 2.35. The minimum Gasteiger partial charge on any atom is -0.318 e. The van der Waals surface area contributed by atoms with E-state index < -0.39 is 15.1 Å². The van der Waals surface area contributed by atoms with Gasteiger partial charge in [-0.15, -0.1) is 0 Å². The van der Waals surface area contributed by atoms with E-state index >= 15 is 0 Å². The summed E-state index contributed by atoms with van der Waals surface area (Å²) < 4.78 is 27.5. The Labute approximate surface area is 169 Å². The number of hydrogen-bond acceptors (Lipinski definition) is 5. The van der Waals surface area contributed by atoms with Crippen LogP contribution in [-0.4, -0.2) is 45.4 Å². The van der Waals surface area contributed by atoms with Crippen LogP contribution in [0.15, 0.2) is 11.4 Å². The fourth-order valence-corrected chi connectivity index (χ4v) is 4.51. The molecule has 0 amide bonds. The first kappa shape index (κ1) is 22.6. The molecule has 28 heavy (non-hydrogen) atoms. The molecule has 158 valence electrons. The minimum atomic E-state index is -3.43. The van der Waals surface area contributed by atoms with Crippen LogP contribution >= 0.6 is 0 Å². The molecule has 1 unspecified atom stereocenters. The maximum atomic E-state index is 12.8. The third-order valence-corrected chi connectivity index (χ3v) is 7.46. The predicted molar refractivity (Wildman–Crippen MR) is 112 cm³/mol. The van der Waals surface area contributed by atoms with E-state index in [0.29, 0.717) is 19.0 Å². The van der Waals surface area contributed by atoms with Crippen molar-refractivity contribution in [3.63, 3.8) is 0 Å². The molecule has 0 radical (unpaired) electrons. The summed E-state index contributed by atoms with van der Waals surface area (Å²) in [6.45, 7) is 15.1. The van der Waals surface area contributed by atoms with E-state index in [9.17, 15) is 8.42 Å². The maximum absolute atomic E-state index is 12.8. The molecule has 0 spiro atoms. The summed E-state index contributed by atoms with van der Waals surface area (Å²) in [5, 5.41) is 7.04. The second kappa shape index (κ2) is 8.78. The lowest BCUT2D eigenvalue weighted by Gasteiger charge is -2.26. The van der Waals surface area contributed by atoms with Gasteiger partial charge in [0.2, 0.25) is 15.0 Å². The molecule has 2 heterocycles. The van der Waals surface area contributed by atoms with Crippen LogP contribution in [0.25, 0.3) is 0 Å². The molecule has 1 N–H and O–H groups in total. The molecule has 2 aromatic rings. The second-order valence-electron chi connectivity index (χ2n) is 8.40. The summed E-state index contributed by atoms with van der Waals surface area (Å²) in [6, 6.07) is 0.150. The highest BCUT2D eigenvalue weighted by atomic mass is 32.2. The average molecular weight is 410 g/mol. The SMILES string of the molecule is Cc1n[nH]c(C)c1C(C)N(C)Cc1cnc(S(=O)(=O)C(C)C)n1CCC(C)C. The largest absolute Gasteiger partial charge is 0.318 e. The fourth-order valence-electron chi connectivity index (χ4n) is 3.37. The van der Waals surface area contributed by atoms with Gasteiger partial charge in [-0.1, -0.05) is 13.8 Å². The van der Waals surface area contributed by atoms with Gasteiger partial charge < -0.3 is 4.57 Å². The number of aromatic amines is 1. The van der Waals surface area contributed by atoms with Gasteiger partial charge >= 0.3 is 0 Å². The molecule has 0 aliphatic heterocycles. The van der Waals surface area contributed by atoms with Crippen molar-refractivity contribution in [2.75, 3.05) is 7.05 Å². The number of nitrogens with one attached hydrogen (secondary N) is 1. The average Bonchev–Trinajstić information content (AvgIpc) is 3.15. The standard InChI is InChI=1S/C20H35N5O2S/c1-13(2)9-10-25-18(11-21-20(25)28(26,27)14(3)4)12-24(8)17(7)19-15(5)22-23-16(19)6/h11,13-14,17H,9-10,12H2,1-8H3,(H,22,23). The minimum absolute atomic E-state index is 0.150. The molecule has 1 atom stereocenters. The van der Waals surface area contributed by atoms with E-state index in [2.05, 4.69) is 40.9 Å². The monoisotopic (exact) mass is 409 g/mol. The van der Waals surface area contributed by atoms with Crippen molar-refractivity contribution in [3.05, 3.63) is 28.8 Å². The van der Waals surface area contributed by atoms with E-state index in [-0.39, 0.29) is 11.2 Å². The van der Waals surface area contributed by atoms with Gasteiger partial charge in [0, 0.05) is 30.4 Å². The maximum Gasteiger partial charge on any atom is 0.228 e. The lowest BCUT2D eigenvalue weighted by atomic mass is 10.1. The van der Waals surface area contributed by atoms with E-state index in [1.54, 1.807) is 20.0 Å². The first-order chi connectivity index (χ1) is 13.0. The lowest BCUT2D eigenvalue weighted by molar-refractivity contribution is 0.243. The number of hydrogen-bond donors (Lipinski definition) is 1. The highest BCUT2D eigenvalue weighted by Gasteiger charge is 2.28. The van der Waals surface area contributed by atoms with Crippen molar-refractivity contribution in [3.8, 4) is 0 Å². The van der Waals surface area contributed by atoms with Gasteiger partial charge in [-0.2, -0.15) is 5.10 Å². The smallest absolute Gasteiger partial charge is 0.228 e. The highest BCUT2D eigenvalue weighted by Crippen LogP contribution is 2.26. The molecule has 0 saturated heterocycles. The molecule has 0 bridgehead atoms. The summed E-state index contributed by atoms with van der Waals surface area (Å²) in [7, 11) is -1.38. The van der Waals surface area contributed by atoms with Gasteiger partial charge in [0.25, 0.3) is 0 Å². The summed E-state index contributed by atoms with van der Waals surface area (Å²) >= 11 is 0. The molecule has 8 heteroatoms. The first-order valence-corrected chi connectivity index (χ1v) is 11.5. The Morgan fingerprint density at radius 3 is 2.32 bits per heavy atom.